The SMILES string of the molecule is COc1cc(CN(C)CCCS(=O)(=O)O)cc(C(=O)c2ccccc2C(=O)O)c1O. The van der Waals surface area contributed by atoms with Crippen molar-refractivity contribution in [3.63, 3.8) is 0 Å². The quantitative estimate of drug-likeness (QED) is 0.376. The van der Waals surface area contributed by atoms with Gasteiger partial charge in [-0.2, -0.15) is 8.42 Å². The minimum Gasteiger partial charge on any atom is -0.504 e. The Bertz CT molecular complexity index is 1050. The van der Waals surface area contributed by atoms with Crippen molar-refractivity contribution in [2.75, 3.05) is 26.5 Å². The molecule has 0 amide bonds. The number of rotatable bonds is 10. The molecule has 2 aromatic rings. The highest BCUT2D eigenvalue weighted by Crippen LogP contribution is 2.34. The van der Waals surface area contributed by atoms with Gasteiger partial charge in [-0.15, -0.1) is 0 Å². The molecule has 162 valence electrons. The maximum absolute atomic E-state index is 13.0. The molecular formula is C20H23NO8S. The zero-order chi connectivity index (χ0) is 22.5. The van der Waals surface area contributed by atoms with E-state index in [0.717, 1.165) is 0 Å². The summed E-state index contributed by atoms with van der Waals surface area (Å²) in [5, 5.41) is 19.8. The van der Waals surface area contributed by atoms with Gasteiger partial charge in [0.05, 0.1) is 24.0 Å². The summed E-state index contributed by atoms with van der Waals surface area (Å²) >= 11 is 0. The molecule has 0 spiro atoms. The van der Waals surface area contributed by atoms with Crippen LogP contribution < -0.4 is 4.74 Å². The Morgan fingerprint density at radius 2 is 1.73 bits per heavy atom. The summed E-state index contributed by atoms with van der Waals surface area (Å²) in [6, 6.07) is 8.68. The molecule has 30 heavy (non-hydrogen) atoms. The highest BCUT2D eigenvalue weighted by molar-refractivity contribution is 7.85. The van der Waals surface area contributed by atoms with Gasteiger partial charge in [-0.25, -0.2) is 4.79 Å². The Morgan fingerprint density at radius 1 is 1.10 bits per heavy atom. The van der Waals surface area contributed by atoms with Crippen LogP contribution in [-0.2, 0) is 16.7 Å². The lowest BCUT2D eigenvalue weighted by molar-refractivity contribution is 0.0692. The van der Waals surface area contributed by atoms with Crippen LogP contribution in [0.1, 0.15) is 38.3 Å². The summed E-state index contributed by atoms with van der Waals surface area (Å²) < 4.78 is 35.6. The van der Waals surface area contributed by atoms with E-state index < -0.39 is 27.6 Å². The molecular weight excluding hydrogens is 414 g/mol. The molecule has 0 fully saturated rings. The molecule has 3 N–H and O–H groups in total. The third-order valence-corrected chi connectivity index (χ3v) is 5.20. The van der Waals surface area contributed by atoms with E-state index in [9.17, 15) is 28.2 Å². The van der Waals surface area contributed by atoms with Gasteiger partial charge in [0, 0.05) is 12.1 Å². The predicted molar refractivity (Wildman–Crippen MR) is 109 cm³/mol. The van der Waals surface area contributed by atoms with Crippen LogP contribution in [0.2, 0.25) is 0 Å². The van der Waals surface area contributed by atoms with Crippen LogP contribution in [0.15, 0.2) is 36.4 Å². The van der Waals surface area contributed by atoms with Gasteiger partial charge in [0.2, 0.25) is 0 Å². The first-order chi connectivity index (χ1) is 14.0. The summed E-state index contributed by atoms with van der Waals surface area (Å²) in [5.41, 5.74) is 0.231. The number of ether oxygens (including phenoxy) is 1. The number of methoxy groups -OCH3 is 1. The molecule has 0 saturated carbocycles. The van der Waals surface area contributed by atoms with E-state index in [0.29, 0.717) is 18.7 Å². The van der Waals surface area contributed by atoms with E-state index in [1.54, 1.807) is 11.9 Å². The van der Waals surface area contributed by atoms with Crippen molar-refractivity contribution < 1.29 is 37.5 Å². The van der Waals surface area contributed by atoms with Gasteiger partial charge in [0.1, 0.15) is 0 Å². The van der Waals surface area contributed by atoms with Crippen molar-refractivity contribution in [3.05, 3.63) is 58.7 Å². The monoisotopic (exact) mass is 437 g/mol. The number of carbonyl (C=O) groups excluding carboxylic acids is 1. The van der Waals surface area contributed by atoms with Crippen LogP contribution >= 0.6 is 0 Å². The van der Waals surface area contributed by atoms with Gasteiger partial charge < -0.3 is 19.8 Å². The molecule has 0 aliphatic carbocycles. The maximum atomic E-state index is 13.0. The van der Waals surface area contributed by atoms with Crippen LogP contribution in [0.5, 0.6) is 11.5 Å². The van der Waals surface area contributed by atoms with E-state index >= 15 is 0 Å². The van der Waals surface area contributed by atoms with Crippen molar-refractivity contribution in [1.82, 2.24) is 4.90 Å². The van der Waals surface area contributed by atoms with E-state index in [2.05, 4.69) is 0 Å². The molecule has 2 rings (SSSR count). The number of hydrogen-bond donors (Lipinski definition) is 3. The number of phenols is 1. The average molecular weight is 437 g/mol. The number of carboxylic acid groups (broad SMARTS) is 1. The molecule has 0 aliphatic heterocycles. The Labute approximate surface area is 174 Å². The molecule has 0 saturated heterocycles. The molecule has 2 aromatic carbocycles. The molecule has 0 bridgehead atoms. The smallest absolute Gasteiger partial charge is 0.336 e. The number of carbonyl (C=O) groups is 2. The lowest BCUT2D eigenvalue weighted by Crippen LogP contribution is -2.21. The third kappa shape index (κ3) is 6.02. The first-order valence-corrected chi connectivity index (χ1v) is 10.5. The van der Waals surface area contributed by atoms with E-state index in [4.69, 9.17) is 9.29 Å². The van der Waals surface area contributed by atoms with E-state index in [1.807, 2.05) is 0 Å². The number of aromatic hydroxyl groups is 1. The van der Waals surface area contributed by atoms with Crippen LogP contribution in [0, 0.1) is 0 Å². The van der Waals surface area contributed by atoms with E-state index in [1.165, 1.54) is 43.5 Å². The highest BCUT2D eigenvalue weighted by atomic mass is 32.2. The number of carboxylic acids is 1. The number of benzene rings is 2. The first-order valence-electron chi connectivity index (χ1n) is 8.94. The summed E-state index contributed by atoms with van der Waals surface area (Å²) in [4.78, 5) is 26.2. The fourth-order valence-corrected chi connectivity index (χ4v) is 3.50. The number of aromatic carboxylic acids is 1. The largest absolute Gasteiger partial charge is 0.504 e. The maximum Gasteiger partial charge on any atom is 0.336 e. The van der Waals surface area contributed by atoms with Crippen molar-refractivity contribution in [3.8, 4) is 11.5 Å². The Hall–Kier alpha value is -2.95. The number of phenolic OH excluding ortho intramolecular Hbond substituents is 1. The molecule has 0 atom stereocenters. The van der Waals surface area contributed by atoms with Crippen molar-refractivity contribution in [2.45, 2.75) is 13.0 Å². The van der Waals surface area contributed by atoms with Crippen LogP contribution in [0.4, 0.5) is 0 Å². The van der Waals surface area contributed by atoms with Crippen molar-refractivity contribution in [2.24, 2.45) is 0 Å². The fourth-order valence-electron chi connectivity index (χ4n) is 3.01. The van der Waals surface area contributed by atoms with Gasteiger partial charge in [-0.1, -0.05) is 18.2 Å². The molecule has 0 aromatic heterocycles. The van der Waals surface area contributed by atoms with Crippen LogP contribution in [0.3, 0.4) is 0 Å². The summed E-state index contributed by atoms with van der Waals surface area (Å²) in [6.45, 7) is 0.650. The fraction of sp³-hybridized carbons (Fsp3) is 0.300. The second kappa shape index (κ2) is 9.70. The lowest BCUT2D eigenvalue weighted by atomic mass is 9.96. The number of nitrogens with zero attached hydrogens (tertiary/aromatic N) is 1. The standard InChI is InChI=1S/C20H23NO8S/c1-21(8-5-9-30(26,27)28)12-13-10-16(19(23)17(11-13)29-2)18(22)14-6-3-4-7-15(14)20(24)25/h3-4,6-7,10-11,23H,5,8-9,12H2,1-2H3,(H,24,25)(H,26,27,28). The molecule has 10 heteroatoms. The lowest BCUT2D eigenvalue weighted by Gasteiger charge is -2.18. The number of ketones is 1. The Balaban J connectivity index is 2.33. The highest BCUT2D eigenvalue weighted by Gasteiger charge is 2.23. The number of hydrogen-bond acceptors (Lipinski definition) is 7. The summed E-state index contributed by atoms with van der Waals surface area (Å²) in [7, 11) is -0.987. The summed E-state index contributed by atoms with van der Waals surface area (Å²) in [6.07, 6.45) is 0.211. The third-order valence-electron chi connectivity index (χ3n) is 4.40. The van der Waals surface area contributed by atoms with Gasteiger partial charge in [0.25, 0.3) is 10.1 Å². The molecule has 0 radical (unpaired) electrons. The normalized spacial score (nSPS) is 11.5. The minimum atomic E-state index is -4.04. The molecule has 0 unspecified atom stereocenters. The predicted octanol–water partition coefficient (Wildman–Crippen LogP) is 2.04. The first kappa shape index (κ1) is 23.3. The van der Waals surface area contributed by atoms with Gasteiger partial charge >= 0.3 is 5.97 Å². The topological polar surface area (TPSA) is 141 Å². The van der Waals surface area contributed by atoms with Gasteiger partial charge in [0.15, 0.2) is 17.3 Å². The Kier molecular flexibility index (Phi) is 7.54. The van der Waals surface area contributed by atoms with Crippen LogP contribution in [-0.4, -0.2) is 66.3 Å². The van der Waals surface area contributed by atoms with Gasteiger partial charge in [-0.05, 0) is 43.8 Å². The zero-order valence-corrected chi connectivity index (χ0v) is 17.3. The van der Waals surface area contributed by atoms with E-state index in [-0.39, 0.29) is 34.6 Å². The summed E-state index contributed by atoms with van der Waals surface area (Å²) in [5.74, 6) is -2.65. The second-order valence-corrected chi connectivity index (χ2v) is 8.32. The van der Waals surface area contributed by atoms with Crippen LogP contribution in [0.25, 0.3) is 0 Å². The second-order valence-electron chi connectivity index (χ2n) is 6.75. The average Bonchev–Trinajstić information content (AvgIpc) is 2.67. The van der Waals surface area contributed by atoms with Crippen molar-refractivity contribution >= 4 is 21.9 Å². The minimum absolute atomic E-state index is 0.0509. The van der Waals surface area contributed by atoms with Crippen molar-refractivity contribution in [1.29, 1.82) is 0 Å². The zero-order valence-electron chi connectivity index (χ0n) is 16.5. The molecule has 9 nitrogen and oxygen atoms in total. The van der Waals surface area contributed by atoms with Gasteiger partial charge in [-0.3, -0.25) is 9.35 Å². The molecule has 0 heterocycles. The molecule has 0 aliphatic rings. The Morgan fingerprint density at radius 3 is 2.30 bits per heavy atom.